The van der Waals surface area contributed by atoms with Crippen molar-refractivity contribution in [2.24, 2.45) is 0 Å². The predicted molar refractivity (Wildman–Crippen MR) is 58.3 cm³/mol. The highest BCUT2D eigenvalue weighted by Crippen LogP contribution is 2.22. The van der Waals surface area contributed by atoms with Crippen molar-refractivity contribution >= 4 is 11.9 Å². The molecule has 0 atom stereocenters. The van der Waals surface area contributed by atoms with Crippen LogP contribution in [0.25, 0.3) is 0 Å². The van der Waals surface area contributed by atoms with E-state index < -0.39 is 36.5 Å². The van der Waals surface area contributed by atoms with E-state index >= 15 is 0 Å². The van der Waals surface area contributed by atoms with Crippen molar-refractivity contribution in [2.75, 3.05) is 6.54 Å². The van der Waals surface area contributed by atoms with Crippen LogP contribution in [-0.2, 0) is 6.42 Å². The SMILES string of the molecule is CCc1oc(C(=O)NCC(F)(F)C(F)F)cc1C(=O)O. The zero-order valence-corrected chi connectivity index (χ0v) is 10.3. The first-order valence-corrected chi connectivity index (χ1v) is 5.49. The van der Waals surface area contributed by atoms with Crippen molar-refractivity contribution in [2.45, 2.75) is 25.7 Å². The van der Waals surface area contributed by atoms with E-state index in [0.29, 0.717) is 0 Å². The maximum Gasteiger partial charge on any atom is 0.339 e. The third-order valence-corrected chi connectivity index (χ3v) is 2.39. The molecular formula is C11H11F4NO4. The highest BCUT2D eigenvalue weighted by molar-refractivity contribution is 5.96. The molecule has 1 aromatic heterocycles. The Morgan fingerprint density at radius 3 is 2.45 bits per heavy atom. The summed E-state index contributed by atoms with van der Waals surface area (Å²) in [6.45, 7) is -0.00797. The minimum atomic E-state index is -4.37. The molecule has 1 aromatic rings. The van der Waals surface area contributed by atoms with Crippen molar-refractivity contribution < 1.29 is 36.7 Å². The van der Waals surface area contributed by atoms with Crippen LogP contribution in [0, 0.1) is 0 Å². The van der Waals surface area contributed by atoms with Gasteiger partial charge in [-0.05, 0) is 0 Å². The number of aromatic carboxylic acids is 1. The number of furan rings is 1. The number of alkyl halides is 4. The maximum absolute atomic E-state index is 12.6. The number of halogens is 4. The van der Waals surface area contributed by atoms with Gasteiger partial charge >= 0.3 is 18.3 Å². The predicted octanol–water partition coefficient (Wildman–Crippen LogP) is 2.17. The van der Waals surface area contributed by atoms with Crippen molar-refractivity contribution in [3.05, 3.63) is 23.2 Å². The number of hydrogen-bond acceptors (Lipinski definition) is 3. The summed E-state index contributed by atoms with van der Waals surface area (Å²) in [6, 6.07) is 0.858. The van der Waals surface area contributed by atoms with Crippen molar-refractivity contribution in [3.63, 3.8) is 0 Å². The first-order valence-electron chi connectivity index (χ1n) is 5.49. The molecule has 1 rings (SSSR count). The van der Waals surface area contributed by atoms with Crippen LogP contribution in [0.15, 0.2) is 10.5 Å². The molecule has 0 fully saturated rings. The first-order chi connectivity index (χ1) is 9.19. The molecule has 0 unspecified atom stereocenters. The van der Waals surface area contributed by atoms with Crippen molar-refractivity contribution in [3.8, 4) is 0 Å². The molecule has 0 spiro atoms. The maximum atomic E-state index is 12.6. The molecule has 1 heterocycles. The topological polar surface area (TPSA) is 79.5 Å². The summed E-state index contributed by atoms with van der Waals surface area (Å²) in [4.78, 5) is 22.3. The van der Waals surface area contributed by atoms with Gasteiger partial charge in [0.15, 0.2) is 5.76 Å². The lowest BCUT2D eigenvalue weighted by Gasteiger charge is -2.14. The molecule has 5 nitrogen and oxygen atoms in total. The Bertz CT molecular complexity index is 513. The standard InChI is InChI=1S/C11H11F4NO4/c1-2-6-5(9(18)19)3-7(20-6)8(17)16-4-11(14,15)10(12)13/h3,10H,2,4H2,1H3,(H,16,17)(H,18,19). The lowest BCUT2D eigenvalue weighted by molar-refractivity contribution is -0.123. The van der Waals surface area contributed by atoms with E-state index in [4.69, 9.17) is 9.52 Å². The minimum Gasteiger partial charge on any atom is -0.478 e. The van der Waals surface area contributed by atoms with Gasteiger partial charge in [-0.1, -0.05) is 6.92 Å². The summed E-state index contributed by atoms with van der Waals surface area (Å²) in [5.74, 6) is -7.44. The largest absolute Gasteiger partial charge is 0.478 e. The third-order valence-electron chi connectivity index (χ3n) is 2.39. The van der Waals surface area contributed by atoms with Gasteiger partial charge in [0.1, 0.15) is 11.3 Å². The van der Waals surface area contributed by atoms with Gasteiger partial charge < -0.3 is 14.8 Å². The van der Waals surface area contributed by atoms with Crippen molar-refractivity contribution in [1.29, 1.82) is 0 Å². The van der Waals surface area contributed by atoms with Crippen LogP contribution in [0.1, 0.15) is 33.6 Å². The molecular weight excluding hydrogens is 286 g/mol. The molecule has 112 valence electrons. The summed E-state index contributed by atoms with van der Waals surface area (Å²) in [5, 5.41) is 10.4. The normalized spacial score (nSPS) is 11.7. The summed E-state index contributed by atoms with van der Waals surface area (Å²) in [7, 11) is 0. The second-order valence-corrected chi connectivity index (χ2v) is 3.85. The Hall–Kier alpha value is -2.06. The molecule has 0 aromatic carbocycles. The molecule has 9 heteroatoms. The van der Waals surface area contributed by atoms with Gasteiger partial charge in [0.2, 0.25) is 0 Å². The molecule has 0 bridgehead atoms. The lowest BCUT2D eigenvalue weighted by atomic mass is 10.2. The van der Waals surface area contributed by atoms with Crippen LogP contribution in [0.3, 0.4) is 0 Å². The van der Waals surface area contributed by atoms with Gasteiger partial charge in [-0.2, -0.15) is 8.78 Å². The Labute approximate surface area is 110 Å². The number of rotatable bonds is 6. The zero-order valence-electron chi connectivity index (χ0n) is 10.3. The Morgan fingerprint density at radius 2 is 2.05 bits per heavy atom. The number of hydrogen-bond donors (Lipinski definition) is 2. The molecule has 2 N–H and O–H groups in total. The average molecular weight is 297 g/mol. The summed E-state index contributed by atoms with van der Waals surface area (Å²) >= 11 is 0. The molecule has 0 aliphatic carbocycles. The second-order valence-electron chi connectivity index (χ2n) is 3.85. The van der Waals surface area contributed by atoms with Crippen LogP contribution >= 0.6 is 0 Å². The van der Waals surface area contributed by atoms with E-state index in [9.17, 15) is 27.2 Å². The Morgan fingerprint density at radius 1 is 1.45 bits per heavy atom. The monoisotopic (exact) mass is 297 g/mol. The molecule has 0 saturated carbocycles. The minimum absolute atomic E-state index is 0.0109. The zero-order chi connectivity index (χ0) is 15.5. The van der Waals surface area contributed by atoms with E-state index in [2.05, 4.69) is 0 Å². The van der Waals surface area contributed by atoms with Crippen LogP contribution in [0.2, 0.25) is 0 Å². The van der Waals surface area contributed by atoms with Gasteiger partial charge in [-0.3, -0.25) is 4.79 Å². The molecule has 0 aliphatic rings. The van der Waals surface area contributed by atoms with E-state index in [-0.39, 0.29) is 17.7 Å². The average Bonchev–Trinajstić information content (AvgIpc) is 2.80. The quantitative estimate of drug-likeness (QED) is 0.789. The van der Waals surface area contributed by atoms with Gasteiger partial charge in [0.25, 0.3) is 5.91 Å². The molecule has 1 amide bonds. The van der Waals surface area contributed by atoms with Crippen LogP contribution in [0.5, 0.6) is 0 Å². The number of carboxylic acids is 1. The van der Waals surface area contributed by atoms with E-state index in [1.54, 1.807) is 12.2 Å². The molecule has 0 radical (unpaired) electrons. The Balaban J connectivity index is 2.81. The van der Waals surface area contributed by atoms with Crippen molar-refractivity contribution in [1.82, 2.24) is 5.32 Å². The molecule has 0 aliphatic heterocycles. The summed E-state index contributed by atoms with van der Waals surface area (Å²) in [6.07, 6.45) is -3.75. The Kier molecular flexibility index (Phi) is 4.74. The number of amides is 1. The van der Waals surface area contributed by atoms with Gasteiger partial charge in [0, 0.05) is 12.5 Å². The highest BCUT2D eigenvalue weighted by atomic mass is 19.3. The third kappa shape index (κ3) is 3.49. The second kappa shape index (κ2) is 5.93. The van der Waals surface area contributed by atoms with Gasteiger partial charge in [0.05, 0.1) is 6.54 Å². The van der Waals surface area contributed by atoms with Crippen LogP contribution < -0.4 is 5.32 Å². The lowest BCUT2D eigenvalue weighted by Crippen LogP contribution is -2.41. The van der Waals surface area contributed by atoms with Gasteiger partial charge in [-0.15, -0.1) is 0 Å². The number of carboxylic acid groups (broad SMARTS) is 1. The summed E-state index contributed by atoms with van der Waals surface area (Å²) in [5.41, 5.74) is -0.279. The van der Waals surface area contributed by atoms with E-state index in [0.717, 1.165) is 6.07 Å². The smallest absolute Gasteiger partial charge is 0.339 e. The highest BCUT2D eigenvalue weighted by Gasteiger charge is 2.41. The molecule has 0 saturated heterocycles. The summed E-state index contributed by atoms with van der Waals surface area (Å²) < 4.78 is 53.9. The molecule has 20 heavy (non-hydrogen) atoms. The first kappa shape index (κ1) is 16.0. The number of carbonyl (C=O) groups excluding carboxylic acids is 1. The van der Waals surface area contributed by atoms with E-state index in [1.807, 2.05) is 0 Å². The van der Waals surface area contributed by atoms with Gasteiger partial charge in [-0.25, -0.2) is 13.6 Å². The number of aryl methyl sites for hydroxylation is 1. The fourth-order valence-electron chi connectivity index (χ4n) is 1.35. The number of nitrogens with one attached hydrogen (secondary N) is 1. The fraction of sp³-hybridized carbons (Fsp3) is 0.455. The fourth-order valence-corrected chi connectivity index (χ4v) is 1.35. The number of carbonyl (C=O) groups is 2. The van der Waals surface area contributed by atoms with E-state index in [1.165, 1.54) is 0 Å². The van der Waals surface area contributed by atoms with Crippen LogP contribution in [-0.4, -0.2) is 35.9 Å². The van der Waals surface area contributed by atoms with Crippen LogP contribution in [0.4, 0.5) is 17.6 Å².